The van der Waals surface area contributed by atoms with Crippen LogP contribution in [-0.2, 0) is 9.53 Å². The van der Waals surface area contributed by atoms with Gasteiger partial charge in [0.1, 0.15) is 5.75 Å². The molecule has 134 valence electrons. The van der Waals surface area contributed by atoms with Gasteiger partial charge in [0, 0.05) is 25.6 Å². The Balaban J connectivity index is 1.47. The van der Waals surface area contributed by atoms with Gasteiger partial charge in [0.25, 0.3) is 0 Å². The van der Waals surface area contributed by atoms with Gasteiger partial charge in [-0.25, -0.2) is 0 Å². The third kappa shape index (κ3) is 5.07. The van der Waals surface area contributed by atoms with E-state index in [1.165, 1.54) is 23.1 Å². The molecule has 1 unspecified atom stereocenters. The van der Waals surface area contributed by atoms with Crippen molar-refractivity contribution < 1.29 is 14.3 Å². The van der Waals surface area contributed by atoms with Crippen molar-refractivity contribution in [3.63, 3.8) is 0 Å². The van der Waals surface area contributed by atoms with E-state index in [0.717, 1.165) is 27.2 Å². The Hall–Kier alpha value is -1.84. The second kappa shape index (κ2) is 9.02. The standard InChI is InChI=1S/C16H20N4O3S2/c1-22-9-7-17-15-19-20-16(25-15)24-10-14(21)18-12-6-8-23-13-5-3-2-4-11(12)13/h2-5,12H,6-10H2,1H3,(H,17,19)(H,18,21). The Kier molecular flexibility index (Phi) is 6.48. The van der Waals surface area contributed by atoms with E-state index in [-0.39, 0.29) is 11.9 Å². The summed E-state index contributed by atoms with van der Waals surface area (Å²) < 4.78 is 11.4. The molecule has 25 heavy (non-hydrogen) atoms. The quantitative estimate of drug-likeness (QED) is 0.537. The maximum Gasteiger partial charge on any atom is 0.230 e. The highest BCUT2D eigenvalue weighted by Crippen LogP contribution is 2.32. The number of thioether (sulfide) groups is 1. The van der Waals surface area contributed by atoms with Gasteiger partial charge in [-0.15, -0.1) is 10.2 Å². The van der Waals surface area contributed by atoms with Crippen LogP contribution in [0, 0.1) is 0 Å². The van der Waals surface area contributed by atoms with Crippen LogP contribution in [0.25, 0.3) is 0 Å². The number of para-hydroxylation sites is 1. The number of anilines is 1. The highest BCUT2D eigenvalue weighted by Gasteiger charge is 2.22. The normalized spacial score (nSPS) is 16.0. The van der Waals surface area contributed by atoms with Crippen molar-refractivity contribution in [2.45, 2.75) is 16.8 Å². The zero-order valence-corrected chi connectivity index (χ0v) is 15.5. The van der Waals surface area contributed by atoms with E-state index in [1.54, 1.807) is 7.11 Å². The molecule has 3 rings (SSSR count). The zero-order valence-electron chi connectivity index (χ0n) is 13.9. The van der Waals surface area contributed by atoms with Crippen molar-refractivity contribution in [2.75, 3.05) is 37.9 Å². The molecule has 1 aromatic carbocycles. The summed E-state index contributed by atoms with van der Waals surface area (Å²) in [5.41, 5.74) is 1.03. The zero-order chi connectivity index (χ0) is 17.5. The molecule has 2 heterocycles. The molecule has 7 nitrogen and oxygen atoms in total. The molecule has 0 spiro atoms. The lowest BCUT2D eigenvalue weighted by Crippen LogP contribution is -2.33. The lowest BCUT2D eigenvalue weighted by Gasteiger charge is -2.26. The second-order valence-electron chi connectivity index (χ2n) is 5.38. The molecular formula is C16H20N4O3S2. The number of carbonyl (C=O) groups excluding carboxylic acids is 1. The molecule has 0 aliphatic carbocycles. The SMILES string of the molecule is COCCNc1nnc(SCC(=O)NC2CCOc3ccccc32)s1. The summed E-state index contributed by atoms with van der Waals surface area (Å²) in [5, 5.41) is 15.1. The van der Waals surface area contributed by atoms with Crippen LogP contribution in [0.4, 0.5) is 5.13 Å². The van der Waals surface area contributed by atoms with Crippen LogP contribution in [0.2, 0.25) is 0 Å². The van der Waals surface area contributed by atoms with Crippen molar-refractivity contribution in [3.8, 4) is 5.75 Å². The first-order chi connectivity index (χ1) is 12.3. The number of aromatic nitrogens is 2. The predicted octanol–water partition coefficient (Wildman–Crippen LogP) is 2.33. The fourth-order valence-electron chi connectivity index (χ4n) is 2.45. The van der Waals surface area contributed by atoms with Gasteiger partial charge in [0.2, 0.25) is 11.0 Å². The number of hydrogen-bond donors (Lipinski definition) is 2. The molecule has 1 amide bonds. The maximum atomic E-state index is 12.3. The van der Waals surface area contributed by atoms with Crippen molar-refractivity contribution in [1.29, 1.82) is 0 Å². The van der Waals surface area contributed by atoms with E-state index in [1.807, 2.05) is 24.3 Å². The number of nitrogens with one attached hydrogen (secondary N) is 2. The molecule has 1 aliphatic rings. The highest BCUT2D eigenvalue weighted by atomic mass is 32.2. The van der Waals surface area contributed by atoms with Crippen LogP contribution in [0.15, 0.2) is 28.6 Å². The lowest BCUT2D eigenvalue weighted by atomic mass is 10.0. The first-order valence-electron chi connectivity index (χ1n) is 7.96. The van der Waals surface area contributed by atoms with Gasteiger partial charge in [-0.3, -0.25) is 4.79 Å². The molecule has 1 atom stereocenters. The van der Waals surface area contributed by atoms with Gasteiger partial charge in [0.05, 0.1) is 25.0 Å². The Morgan fingerprint density at radius 3 is 3.20 bits per heavy atom. The average Bonchev–Trinajstić information content (AvgIpc) is 3.08. The Morgan fingerprint density at radius 1 is 1.44 bits per heavy atom. The molecular weight excluding hydrogens is 360 g/mol. The van der Waals surface area contributed by atoms with E-state index in [4.69, 9.17) is 9.47 Å². The van der Waals surface area contributed by atoms with E-state index < -0.39 is 0 Å². The van der Waals surface area contributed by atoms with Crippen LogP contribution in [0.3, 0.4) is 0 Å². The van der Waals surface area contributed by atoms with Crippen molar-refractivity contribution in [2.24, 2.45) is 0 Å². The summed E-state index contributed by atoms with van der Waals surface area (Å²) in [6.45, 7) is 1.90. The molecule has 2 aromatic rings. The van der Waals surface area contributed by atoms with E-state index in [9.17, 15) is 4.79 Å². The number of nitrogens with zero attached hydrogens (tertiary/aromatic N) is 2. The molecule has 0 radical (unpaired) electrons. The summed E-state index contributed by atoms with van der Waals surface area (Å²) >= 11 is 2.82. The first-order valence-corrected chi connectivity index (χ1v) is 9.76. The second-order valence-corrected chi connectivity index (χ2v) is 7.58. The lowest BCUT2D eigenvalue weighted by molar-refractivity contribution is -0.119. The fraction of sp³-hybridized carbons (Fsp3) is 0.438. The Labute approximate surface area is 154 Å². The first kappa shape index (κ1) is 18.0. The average molecular weight is 380 g/mol. The van der Waals surface area contributed by atoms with Gasteiger partial charge in [-0.05, 0) is 6.07 Å². The fourth-order valence-corrected chi connectivity index (χ4v) is 4.04. The maximum absolute atomic E-state index is 12.3. The minimum absolute atomic E-state index is 0.00117. The van der Waals surface area contributed by atoms with Crippen molar-refractivity contribution in [3.05, 3.63) is 29.8 Å². The topological polar surface area (TPSA) is 85.4 Å². The van der Waals surface area contributed by atoms with Gasteiger partial charge in [-0.2, -0.15) is 0 Å². The van der Waals surface area contributed by atoms with Gasteiger partial charge >= 0.3 is 0 Å². The van der Waals surface area contributed by atoms with Crippen molar-refractivity contribution >= 4 is 34.1 Å². The third-order valence-corrected chi connectivity index (χ3v) is 5.62. The number of rotatable bonds is 8. The minimum Gasteiger partial charge on any atom is -0.493 e. The molecule has 0 fully saturated rings. The monoisotopic (exact) mass is 380 g/mol. The van der Waals surface area contributed by atoms with E-state index in [0.29, 0.717) is 25.5 Å². The van der Waals surface area contributed by atoms with Gasteiger partial charge < -0.3 is 20.1 Å². The number of ether oxygens (including phenoxy) is 2. The molecule has 0 saturated carbocycles. The highest BCUT2D eigenvalue weighted by molar-refractivity contribution is 8.01. The minimum atomic E-state index is -0.0178. The van der Waals surface area contributed by atoms with Crippen LogP contribution in [-0.4, -0.2) is 48.7 Å². The smallest absolute Gasteiger partial charge is 0.230 e. The van der Waals surface area contributed by atoms with Gasteiger partial charge in [-0.1, -0.05) is 41.3 Å². The number of benzene rings is 1. The van der Waals surface area contributed by atoms with Crippen molar-refractivity contribution in [1.82, 2.24) is 15.5 Å². The number of methoxy groups -OCH3 is 1. The summed E-state index contributed by atoms with van der Waals surface area (Å²) in [5.74, 6) is 1.14. The summed E-state index contributed by atoms with van der Waals surface area (Å²) in [7, 11) is 1.65. The predicted molar refractivity (Wildman–Crippen MR) is 98.4 cm³/mol. The van der Waals surface area contributed by atoms with Crippen LogP contribution >= 0.6 is 23.1 Å². The molecule has 9 heteroatoms. The molecule has 1 aliphatic heterocycles. The van der Waals surface area contributed by atoms with Crippen LogP contribution in [0.1, 0.15) is 18.0 Å². The number of hydrogen-bond acceptors (Lipinski definition) is 8. The number of fused-ring (bicyclic) bond motifs is 1. The largest absolute Gasteiger partial charge is 0.493 e. The van der Waals surface area contributed by atoms with E-state index in [2.05, 4.69) is 20.8 Å². The molecule has 0 bridgehead atoms. The summed E-state index contributed by atoms with van der Waals surface area (Å²) in [4.78, 5) is 12.3. The molecule has 2 N–H and O–H groups in total. The summed E-state index contributed by atoms with van der Waals surface area (Å²) in [6.07, 6.45) is 0.778. The Morgan fingerprint density at radius 2 is 2.32 bits per heavy atom. The summed E-state index contributed by atoms with van der Waals surface area (Å²) in [6, 6.07) is 7.82. The third-order valence-electron chi connectivity index (χ3n) is 3.61. The van der Waals surface area contributed by atoms with Crippen LogP contribution < -0.4 is 15.4 Å². The van der Waals surface area contributed by atoms with Crippen LogP contribution in [0.5, 0.6) is 5.75 Å². The number of amides is 1. The van der Waals surface area contributed by atoms with Gasteiger partial charge in [0.15, 0.2) is 4.34 Å². The Bertz CT molecular complexity index is 710. The molecule has 0 saturated heterocycles. The molecule has 1 aromatic heterocycles. The number of carbonyl (C=O) groups is 1. The van der Waals surface area contributed by atoms with E-state index >= 15 is 0 Å².